The molecular weight excluding hydrogens is 214 g/mol. The van der Waals surface area contributed by atoms with Gasteiger partial charge in [-0.2, -0.15) is 0 Å². The van der Waals surface area contributed by atoms with Crippen molar-refractivity contribution in [1.29, 1.82) is 0 Å². The van der Waals surface area contributed by atoms with E-state index >= 15 is 0 Å². The maximum atomic E-state index is 9.77. The zero-order valence-electron chi connectivity index (χ0n) is 11.1. The van der Waals surface area contributed by atoms with E-state index in [0.29, 0.717) is 19.1 Å². The third-order valence-electron chi connectivity index (χ3n) is 4.71. The zero-order chi connectivity index (χ0) is 12.3. The summed E-state index contributed by atoms with van der Waals surface area (Å²) >= 11 is 0. The van der Waals surface area contributed by atoms with Crippen LogP contribution in [0.15, 0.2) is 0 Å². The monoisotopic (exact) mass is 241 g/mol. The minimum absolute atomic E-state index is 0.141. The Bertz CT molecular complexity index is 246. The minimum atomic E-state index is 0.141. The van der Waals surface area contributed by atoms with Crippen molar-refractivity contribution in [3.05, 3.63) is 0 Å². The van der Waals surface area contributed by atoms with Crippen LogP contribution in [0.4, 0.5) is 0 Å². The number of rotatable bonds is 4. The molecule has 1 saturated heterocycles. The Morgan fingerprint density at radius 2 is 2.12 bits per heavy atom. The van der Waals surface area contributed by atoms with Gasteiger partial charge in [-0.3, -0.25) is 0 Å². The van der Waals surface area contributed by atoms with Gasteiger partial charge in [0.1, 0.15) is 0 Å². The highest BCUT2D eigenvalue weighted by Crippen LogP contribution is 2.40. The molecule has 2 aliphatic rings. The first-order valence-electron chi connectivity index (χ1n) is 7.11. The lowest BCUT2D eigenvalue weighted by Crippen LogP contribution is -2.42. The van der Waals surface area contributed by atoms with Crippen molar-refractivity contribution in [3.8, 4) is 0 Å². The highest BCUT2D eigenvalue weighted by atomic mass is 16.3. The standard InChI is InChI=1S/C14H27NO2/c1-12-3-2-5-14(7-12,11-17)10-15-6-4-13(8-15)9-16/h12-13,16-17H,2-11H2,1H3. The summed E-state index contributed by atoms with van der Waals surface area (Å²) in [7, 11) is 0. The Kier molecular flexibility index (Phi) is 4.45. The van der Waals surface area contributed by atoms with Crippen molar-refractivity contribution < 1.29 is 10.2 Å². The first-order chi connectivity index (χ1) is 8.17. The maximum absolute atomic E-state index is 9.77. The smallest absolute Gasteiger partial charge is 0.0499 e. The maximum Gasteiger partial charge on any atom is 0.0499 e. The molecular formula is C14H27NO2. The van der Waals surface area contributed by atoms with Crippen molar-refractivity contribution in [3.63, 3.8) is 0 Å². The molecule has 3 unspecified atom stereocenters. The lowest BCUT2D eigenvalue weighted by Gasteiger charge is -2.41. The van der Waals surface area contributed by atoms with Crippen LogP contribution in [0.5, 0.6) is 0 Å². The molecule has 1 aliphatic heterocycles. The molecule has 0 aromatic heterocycles. The van der Waals surface area contributed by atoms with Crippen LogP contribution in [0.2, 0.25) is 0 Å². The minimum Gasteiger partial charge on any atom is -0.396 e. The Labute approximate surface area is 105 Å². The molecule has 3 atom stereocenters. The van der Waals surface area contributed by atoms with Crippen LogP contribution in [-0.4, -0.2) is 48.0 Å². The van der Waals surface area contributed by atoms with Crippen molar-refractivity contribution in [1.82, 2.24) is 4.90 Å². The molecule has 0 aromatic carbocycles. The van der Waals surface area contributed by atoms with Crippen LogP contribution in [0.25, 0.3) is 0 Å². The molecule has 2 N–H and O–H groups in total. The van der Waals surface area contributed by atoms with Crippen LogP contribution in [0, 0.1) is 17.3 Å². The molecule has 1 heterocycles. The summed E-state index contributed by atoms with van der Waals surface area (Å²) < 4.78 is 0. The van der Waals surface area contributed by atoms with Gasteiger partial charge in [0.25, 0.3) is 0 Å². The Morgan fingerprint density at radius 3 is 2.71 bits per heavy atom. The number of aliphatic hydroxyl groups is 2. The van der Waals surface area contributed by atoms with Gasteiger partial charge in [0.2, 0.25) is 0 Å². The first kappa shape index (κ1) is 13.3. The molecule has 0 aromatic rings. The van der Waals surface area contributed by atoms with E-state index in [-0.39, 0.29) is 5.41 Å². The fraction of sp³-hybridized carbons (Fsp3) is 1.00. The molecule has 3 heteroatoms. The summed E-state index contributed by atoms with van der Waals surface area (Å²) in [6.45, 7) is 6.11. The lowest BCUT2D eigenvalue weighted by atomic mass is 9.70. The normalized spacial score (nSPS) is 39.7. The predicted octanol–water partition coefficient (Wildman–Crippen LogP) is 1.49. The third-order valence-corrected chi connectivity index (χ3v) is 4.71. The van der Waals surface area contributed by atoms with Gasteiger partial charge < -0.3 is 15.1 Å². The van der Waals surface area contributed by atoms with E-state index in [9.17, 15) is 10.2 Å². The van der Waals surface area contributed by atoms with E-state index in [4.69, 9.17) is 0 Å². The number of hydrogen-bond acceptors (Lipinski definition) is 3. The van der Waals surface area contributed by atoms with E-state index < -0.39 is 0 Å². The van der Waals surface area contributed by atoms with Gasteiger partial charge in [0.05, 0.1) is 0 Å². The highest BCUT2D eigenvalue weighted by molar-refractivity contribution is 4.89. The predicted molar refractivity (Wildman–Crippen MR) is 68.8 cm³/mol. The molecule has 2 rings (SSSR count). The van der Waals surface area contributed by atoms with E-state index in [1.165, 1.54) is 25.7 Å². The molecule has 0 amide bonds. The van der Waals surface area contributed by atoms with Crippen LogP contribution >= 0.6 is 0 Å². The average molecular weight is 241 g/mol. The van der Waals surface area contributed by atoms with Crippen LogP contribution in [-0.2, 0) is 0 Å². The van der Waals surface area contributed by atoms with Gasteiger partial charge in [-0.1, -0.05) is 19.8 Å². The number of hydrogen-bond donors (Lipinski definition) is 2. The van der Waals surface area contributed by atoms with Crippen molar-refractivity contribution in [2.24, 2.45) is 17.3 Å². The second-order valence-corrected chi connectivity index (χ2v) is 6.43. The van der Waals surface area contributed by atoms with Crippen LogP contribution in [0.1, 0.15) is 39.0 Å². The fourth-order valence-corrected chi connectivity index (χ4v) is 3.79. The molecule has 2 fully saturated rings. The summed E-state index contributed by atoms with van der Waals surface area (Å²) in [6, 6.07) is 0. The van der Waals surface area contributed by atoms with Gasteiger partial charge in [0, 0.05) is 31.7 Å². The number of likely N-dealkylation sites (tertiary alicyclic amines) is 1. The second-order valence-electron chi connectivity index (χ2n) is 6.43. The summed E-state index contributed by atoms with van der Waals surface area (Å²) in [5.41, 5.74) is 0.141. The largest absolute Gasteiger partial charge is 0.396 e. The van der Waals surface area contributed by atoms with Gasteiger partial charge in [-0.15, -0.1) is 0 Å². The quantitative estimate of drug-likeness (QED) is 0.784. The average Bonchev–Trinajstić information content (AvgIpc) is 2.76. The van der Waals surface area contributed by atoms with Crippen molar-refractivity contribution in [2.75, 3.05) is 32.8 Å². The molecule has 100 valence electrons. The summed E-state index contributed by atoms with van der Waals surface area (Å²) in [5.74, 6) is 1.22. The number of aliphatic hydroxyl groups excluding tert-OH is 2. The van der Waals surface area contributed by atoms with Gasteiger partial charge in [-0.05, 0) is 37.6 Å². The van der Waals surface area contributed by atoms with Gasteiger partial charge in [0.15, 0.2) is 0 Å². The summed E-state index contributed by atoms with van der Waals surface area (Å²) in [6.07, 6.45) is 6.05. The van der Waals surface area contributed by atoms with E-state index in [0.717, 1.165) is 32.0 Å². The molecule has 0 radical (unpaired) electrons. The highest BCUT2D eigenvalue weighted by Gasteiger charge is 2.37. The summed E-state index contributed by atoms with van der Waals surface area (Å²) in [4.78, 5) is 2.45. The van der Waals surface area contributed by atoms with Gasteiger partial charge >= 0.3 is 0 Å². The SMILES string of the molecule is CC1CCCC(CO)(CN2CCC(CO)C2)C1. The first-order valence-corrected chi connectivity index (χ1v) is 7.11. The molecule has 1 aliphatic carbocycles. The summed E-state index contributed by atoms with van der Waals surface area (Å²) in [5, 5.41) is 18.9. The zero-order valence-corrected chi connectivity index (χ0v) is 11.1. The van der Waals surface area contributed by atoms with Crippen LogP contribution < -0.4 is 0 Å². The Morgan fingerprint density at radius 1 is 1.29 bits per heavy atom. The molecule has 17 heavy (non-hydrogen) atoms. The topological polar surface area (TPSA) is 43.7 Å². The second kappa shape index (κ2) is 5.68. The molecule has 0 bridgehead atoms. The fourth-order valence-electron chi connectivity index (χ4n) is 3.79. The molecule has 0 spiro atoms. The number of nitrogens with zero attached hydrogens (tertiary/aromatic N) is 1. The van der Waals surface area contributed by atoms with E-state index in [2.05, 4.69) is 11.8 Å². The molecule has 1 saturated carbocycles. The Hall–Kier alpha value is -0.120. The third kappa shape index (κ3) is 3.21. The Balaban J connectivity index is 1.90. The molecule has 3 nitrogen and oxygen atoms in total. The lowest BCUT2D eigenvalue weighted by molar-refractivity contribution is 0.0287. The van der Waals surface area contributed by atoms with Crippen molar-refractivity contribution >= 4 is 0 Å². The van der Waals surface area contributed by atoms with Gasteiger partial charge in [-0.25, -0.2) is 0 Å². The van der Waals surface area contributed by atoms with Crippen LogP contribution in [0.3, 0.4) is 0 Å². The van der Waals surface area contributed by atoms with E-state index in [1.807, 2.05) is 0 Å². The van der Waals surface area contributed by atoms with Crippen molar-refractivity contribution in [2.45, 2.75) is 39.0 Å². The van der Waals surface area contributed by atoms with E-state index in [1.54, 1.807) is 0 Å².